The number of nitrogens with zero attached hydrogens (tertiary/aromatic N) is 1. The Kier molecular flexibility index (Phi) is 4.95. The van der Waals surface area contributed by atoms with Gasteiger partial charge in [-0.2, -0.15) is 0 Å². The molecule has 1 rings (SSSR count). The molecular formula is C16H35NO2Si2. The first-order valence-corrected chi connectivity index (χ1v) is 14.0. The minimum absolute atomic E-state index is 0.0000154. The van der Waals surface area contributed by atoms with Crippen molar-refractivity contribution < 1.29 is 9.22 Å². The van der Waals surface area contributed by atoms with E-state index in [0.717, 1.165) is 13.0 Å². The highest BCUT2D eigenvalue weighted by molar-refractivity contribution is 6.78. The third kappa shape index (κ3) is 3.62. The van der Waals surface area contributed by atoms with Crippen molar-refractivity contribution in [2.75, 3.05) is 6.54 Å². The van der Waals surface area contributed by atoms with Crippen LogP contribution in [0, 0.1) is 0 Å². The van der Waals surface area contributed by atoms with Crippen LogP contribution in [0.25, 0.3) is 0 Å². The van der Waals surface area contributed by atoms with Gasteiger partial charge in [0, 0.05) is 0 Å². The molecule has 1 fully saturated rings. The van der Waals surface area contributed by atoms with E-state index in [2.05, 4.69) is 72.3 Å². The summed E-state index contributed by atoms with van der Waals surface area (Å²) in [5.41, 5.74) is 0. The Balaban J connectivity index is 2.83. The van der Waals surface area contributed by atoms with E-state index >= 15 is 0 Å². The third-order valence-electron chi connectivity index (χ3n) is 6.01. The van der Waals surface area contributed by atoms with Gasteiger partial charge in [-0.1, -0.05) is 54.6 Å². The van der Waals surface area contributed by atoms with Crippen molar-refractivity contribution in [1.29, 1.82) is 0 Å². The highest BCUT2D eigenvalue weighted by Gasteiger charge is 2.51. The van der Waals surface area contributed by atoms with Crippen molar-refractivity contribution in [2.45, 2.75) is 90.3 Å². The second-order valence-electron chi connectivity index (χ2n) is 9.49. The zero-order valence-corrected chi connectivity index (χ0v) is 17.8. The van der Waals surface area contributed by atoms with Gasteiger partial charge in [0.05, 0.1) is 0 Å². The van der Waals surface area contributed by atoms with E-state index in [1.54, 1.807) is 0 Å². The number of carbonyl (C=O) groups excluding carboxylic acids is 1. The summed E-state index contributed by atoms with van der Waals surface area (Å²) in [5, 5.41) is 0.344. The standard InChI is InChI=1S/C16H35NO2Si2/c1-15(2,3)20(7,8)17-12-11-13(17)14(18)19-21(9,10)16(4,5)6/h13H,11-12H2,1-10H3. The maximum atomic E-state index is 12.7. The van der Waals surface area contributed by atoms with Crippen molar-refractivity contribution in [3.63, 3.8) is 0 Å². The molecule has 0 radical (unpaired) electrons. The van der Waals surface area contributed by atoms with E-state index in [4.69, 9.17) is 4.43 Å². The van der Waals surface area contributed by atoms with Crippen LogP contribution in [0.3, 0.4) is 0 Å². The van der Waals surface area contributed by atoms with Gasteiger partial charge in [0.15, 0.2) is 0 Å². The molecule has 1 aliphatic heterocycles. The molecule has 0 bridgehead atoms. The number of carbonyl (C=O) groups is 1. The monoisotopic (exact) mass is 329 g/mol. The van der Waals surface area contributed by atoms with Crippen molar-refractivity contribution in [3.8, 4) is 0 Å². The average molecular weight is 330 g/mol. The zero-order chi connectivity index (χ0) is 16.9. The van der Waals surface area contributed by atoms with E-state index in [0.29, 0.717) is 0 Å². The second-order valence-corrected chi connectivity index (χ2v) is 19.4. The molecule has 0 spiro atoms. The molecule has 0 aromatic carbocycles. The molecule has 0 aromatic heterocycles. The van der Waals surface area contributed by atoms with Gasteiger partial charge in [0.1, 0.15) is 14.3 Å². The van der Waals surface area contributed by atoms with Gasteiger partial charge in [-0.05, 0) is 36.1 Å². The number of hydrogen-bond acceptors (Lipinski definition) is 3. The molecule has 3 nitrogen and oxygen atoms in total. The Hall–Kier alpha value is -0.136. The molecule has 0 aromatic rings. The first kappa shape index (κ1) is 18.9. The second kappa shape index (κ2) is 5.50. The molecular weight excluding hydrogens is 294 g/mol. The lowest BCUT2D eigenvalue weighted by Crippen LogP contribution is -2.68. The lowest BCUT2D eigenvalue weighted by molar-refractivity contribution is -0.143. The largest absolute Gasteiger partial charge is 0.518 e. The van der Waals surface area contributed by atoms with Crippen molar-refractivity contribution in [2.24, 2.45) is 0 Å². The molecule has 124 valence electrons. The van der Waals surface area contributed by atoms with Crippen LogP contribution in [0.1, 0.15) is 48.0 Å². The summed E-state index contributed by atoms with van der Waals surface area (Å²) in [6, 6.07) is 0.0000154. The van der Waals surface area contributed by atoms with Crippen LogP contribution in [0.4, 0.5) is 0 Å². The van der Waals surface area contributed by atoms with E-state index in [1.165, 1.54) is 0 Å². The van der Waals surface area contributed by atoms with Gasteiger partial charge < -0.3 is 8.99 Å². The Morgan fingerprint density at radius 3 is 1.76 bits per heavy atom. The Bertz CT molecular complexity index is 405. The predicted molar refractivity (Wildman–Crippen MR) is 95.6 cm³/mol. The number of rotatable bonds is 3. The van der Waals surface area contributed by atoms with E-state index in [9.17, 15) is 4.79 Å². The van der Waals surface area contributed by atoms with Crippen LogP contribution in [-0.4, -0.2) is 39.7 Å². The number of hydrogen-bond donors (Lipinski definition) is 0. The SMILES string of the molecule is CC(C)(C)[Si](C)(C)OC(=O)C1CCN1[Si](C)(C)C(C)(C)C. The van der Waals surface area contributed by atoms with Crippen LogP contribution in [-0.2, 0) is 9.22 Å². The van der Waals surface area contributed by atoms with Crippen LogP contribution in [0.2, 0.25) is 36.3 Å². The van der Waals surface area contributed by atoms with Crippen molar-refractivity contribution in [1.82, 2.24) is 4.57 Å². The van der Waals surface area contributed by atoms with Gasteiger partial charge in [-0.3, -0.25) is 4.79 Å². The quantitative estimate of drug-likeness (QED) is 0.708. The molecule has 0 saturated carbocycles. The first-order valence-electron chi connectivity index (χ1n) is 8.11. The van der Waals surface area contributed by atoms with E-state index < -0.39 is 16.6 Å². The molecule has 1 unspecified atom stereocenters. The van der Waals surface area contributed by atoms with Gasteiger partial charge in [0.2, 0.25) is 0 Å². The lowest BCUT2D eigenvalue weighted by Gasteiger charge is -2.54. The Morgan fingerprint density at radius 2 is 1.48 bits per heavy atom. The fourth-order valence-corrected chi connectivity index (χ4v) is 5.71. The predicted octanol–water partition coefficient (Wildman–Crippen LogP) is 4.61. The summed E-state index contributed by atoms with van der Waals surface area (Å²) >= 11 is 0. The highest BCUT2D eigenvalue weighted by atomic mass is 28.4. The maximum Gasteiger partial charge on any atom is 0.309 e. The summed E-state index contributed by atoms with van der Waals surface area (Å²) in [4.78, 5) is 12.7. The summed E-state index contributed by atoms with van der Waals surface area (Å²) in [5.74, 6) is 0.0256. The summed E-state index contributed by atoms with van der Waals surface area (Å²) in [6.07, 6.45) is 0.958. The van der Waals surface area contributed by atoms with Crippen LogP contribution in [0.15, 0.2) is 0 Å². The summed E-state index contributed by atoms with van der Waals surface area (Å²) in [6.45, 7) is 23.5. The van der Waals surface area contributed by atoms with Gasteiger partial charge in [-0.15, -0.1) is 0 Å². The molecule has 0 amide bonds. The fourth-order valence-electron chi connectivity index (χ4n) is 2.20. The third-order valence-corrected chi connectivity index (χ3v) is 16.0. The molecule has 5 heteroatoms. The molecule has 1 aliphatic rings. The van der Waals surface area contributed by atoms with Crippen LogP contribution >= 0.6 is 0 Å². The van der Waals surface area contributed by atoms with Crippen LogP contribution in [0.5, 0.6) is 0 Å². The molecule has 0 N–H and O–H groups in total. The summed E-state index contributed by atoms with van der Waals surface area (Å²) < 4.78 is 8.49. The highest BCUT2D eigenvalue weighted by Crippen LogP contribution is 2.43. The fraction of sp³-hybridized carbons (Fsp3) is 0.938. The molecule has 1 saturated heterocycles. The van der Waals surface area contributed by atoms with Crippen LogP contribution < -0.4 is 0 Å². The molecule has 0 aliphatic carbocycles. The van der Waals surface area contributed by atoms with Crippen molar-refractivity contribution in [3.05, 3.63) is 0 Å². The minimum atomic E-state index is -2.01. The lowest BCUT2D eigenvalue weighted by atomic mass is 10.1. The van der Waals surface area contributed by atoms with Gasteiger partial charge in [0.25, 0.3) is 8.32 Å². The molecule has 1 heterocycles. The first-order chi connectivity index (χ1) is 9.11. The average Bonchev–Trinajstić information content (AvgIpc) is 2.08. The van der Waals surface area contributed by atoms with Gasteiger partial charge >= 0.3 is 5.97 Å². The zero-order valence-electron chi connectivity index (χ0n) is 15.8. The minimum Gasteiger partial charge on any atom is -0.518 e. The summed E-state index contributed by atoms with van der Waals surface area (Å²) in [7, 11) is -3.63. The Morgan fingerprint density at radius 1 is 1.00 bits per heavy atom. The molecule has 21 heavy (non-hydrogen) atoms. The van der Waals surface area contributed by atoms with Crippen molar-refractivity contribution >= 4 is 22.5 Å². The van der Waals surface area contributed by atoms with Gasteiger partial charge in [-0.25, -0.2) is 0 Å². The Labute approximate surface area is 133 Å². The van der Waals surface area contributed by atoms with E-state index in [1.807, 2.05) is 0 Å². The molecule has 1 atom stereocenters. The smallest absolute Gasteiger partial charge is 0.309 e. The normalized spacial score (nSPS) is 21.9. The topological polar surface area (TPSA) is 29.5 Å². The van der Waals surface area contributed by atoms with E-state index in [-0.39, 0.29) is 22.1 Å². The maximum absolute atomic E-state index is 12.7.